The Balaban J connectivity index is 1.74. The number of aryl methyl sites for hydroxylation is 1. The first-order valence-corrected chi connectivity index (χ1v) is 9.71. The van der Waals surface area contributed by atoms with E-state index in [4.69, 9.17) is 10.1 Å². The summed E-state index contributed by atoms with van der Waals surface area (Å²) in [6.45, 7) is 1.04. The van der Waals surface area contributed by atoms with Gasteiger partial charge in [0, 0.05) is 30.5 Å². The fraction of sp³-hybridized carbons (Fsp3) is 0.438. The van der Waals surface area contributed by atoms with Gasteiger partial charge in [-0.05, 0) is 37.8 Å². The Morgan fingerprint density at radius 2 is 2.08 bits per heavy atom. The number of hydrogen-bond donors (Lipinski definition) is 1. The summed E-state index contributed by atoms with van der Waals surface area (Å²) < 4.78 is 23.3. The maximum atomic E-state index is 11.6. The molecule has 8 heteroatoms. The van der Waals surface area contributed by atoms with Crippen molar-refractivity contribution < 1.29 is 8.42 Å². The van der Waals surface area contributed by atoms with Gasteiger partial charge in [0.15, 0.2) is 5.82 Å². The molecule has 1 aliphatic heterocycles. The number of pyridine rings is 1. The number of nitrogens with zero attached hydrogens (tertiary/aromatic N) is 4. The van der Waals surface area contributed by atoms with Crippen LogP contribution in [0, 0.1) is 0 Å². The lowest BCUT2D eigenvalue weighted by Gasteiger charge is -2.21. The van der Waals surface area contributed by atoms with E-state index in [0.717, 1.165) is 42.0 Å². The first kappa shape index (κ1) is 15.5. The fourth-order valence-corrected chi connectivity index (χ4v) is 4.29. The Labute approximate surface area is 141 Å². The first-order valence-electron chi connectivity index (χ1n) is 8.10. The molecule has 1 aliphatic carbocycles. The summed E-state index contributed by atoms with van der Waals surface area (Å²) in [5.41, 5.74) is 2.93. The van der Waals surface area contributed by atoms with Gasteiger partial charge in [0.2, 0.25) is 10.0 Å². The zero-order chi connectivity index (χ0) is 16.7. The molecule has 2 N–H and O–H groups in total. The Bertz CT molecular complexity index is 870. The van der Waals surface area contributed by atoms with Crippen LogP contribution in [0.4, 0.5) is 5.82 Å². The molecule has 1 atom stereocenters. The minimum atomic E-state index is -3.52. The van der Waals surface area contributed by atoms with Crippen molar-refractivity contribution in [2.45, 2.75) is 30.9 Å². The van der Waals surface area contributed by atoms with Crippen molar-refractivity contribution in [1.82, 2.24) is 15.0 Å². The van der Waals surface area contributed by atoms with Crippen LogP contribution in [-0.2, 0) is 22.9 Å². The van der Waals surface area contributed by atoms with Crippen LogP contribution < -0.4 is 10.0 Å². The summed E-state index contributed by atoms with van der Waals surface area (Å²) in [4.78, 5) is 15.8. The van der Waals surface area contributed by atoms with Gasteiger partial charge in [-0.15, -0.1) is 0 Å². The standard InChI is InChI=1S/C16H19N5O2S/c17-24(22,23)11-7-9-21(10-11)16-12-4-3-6-13(12)19-15(20-16)14-5-1-2-8-18-14/h1-2,5,8,11H,3-4,6-7,9-10H2,(H2,17,22,23). The number of aromatic nitrogens is 3. The summed E-state index contributed by atoms with van der Waals surface area (Å²) in [6.07, 6.45) is 5.17. The maximum absolute atomic E-state index is 11.6. The zero-order valence-corrected chi connectivity index (χ0v) is 14.0. The van der Waals surface area contributed by atoms with Crippen LogP contribution in [0.2, 0.25) is 0 Å². The summed E-state index contributed by atoms with van der Waals surface area (Å²) in [7, 11) is -3.52. The van der Waals surface area contributed by atoms with E-state index in [1.165, 1.54) is 0 Å². The quantitative estimate of drug-likeness (QED) is 0.886. The molecule has 1 unspecified atom stereocenters. The van der Waals surface area contributed by atoms with Crippen molar-refractivity contribution >= 4 is 15.8 Å². The highest BCUT2D eigenvalue weighted by Crippen LogP contribution is 2.33. The molecule has 0 saturated carbocycles. The molecule has 24 heavy (non-hydrogen) atoms. The number of fused-ring (bicyclic) bond motifs is 1. The Morgan fingerprint density at radius 3 is 2.79 bits per heavy atom. The molecule has 2 aliphatic rings. The Morgan fingerprint density at radius 1 is 1.21 bits per heavy atom. The molecule has 7 nitrogen and oxygen atoms in total. The highest BCUT2D eigenvalue weighted by Gasteiger charge is 2.34. The minimum Gasteiger partial charge on any atom is -0.355 e. The summed E-state index contributed by atoms with van der Waals surface area (Å²) in [6, 6.07) is 5.65. The predicted molar refractivity (Wildman–Crippen MR) is 91.0 cm³/mol. The summed E-state index contributed by atoms with van der Waals surface area (Å²) >= 11 is 0. The normalized spacial score (nSPS) is 20.4. The maximum Gasteiger partial charge on any atom is 0.213 e. The van der Waals surface area contributed by atoms with Crippen molar-refractivity contribution in [1.29, 1.82) is 0 Å². The van der Waals surface area contributed by atoms with Crippen molar-refractivity contribution in [2.24, 2.45) is 5.14 Å². The average Bonchev–Trinajstić information content (AvgIpc) is 3.23. The minimum absolute atomic E-state index is 0.393. The summed E-state index contributed by atoms with van der Waals surface area (Å²) in [5, 5.41) is 4.79. The van der Waals surface area contributed by atoms with E-state index < -0.39 is 15.3 Å². The van der Waals surface area contributed by atoms with E-state index in [-0.39, 0.29) is 0 Å². The Hall–Kier alpha value is -2.06. The van der Waals surface area contributed by atoms with Gasteiger partial charge in [0.1, 0.15) is 11.5 Å². The van der Waals surface area contributed by atoms with Crippen molar-refractivity contribution in [3.8, 4) is 11.5 Å². The third-order valence-electron chi connectivity index (χ3n) is 4.71. The van der Waals surface area contributed by atoms with Crippen LogP contribution >= 0.6 is 0 Å². The highest BCUT2D eigenvalue weighted by molar-refractivity contribution is 7.89. The van der Waals surface area contributed by atoms with Gasteiger partial charge in [-0.3, -0.25) is 4.98 Å². The average molecular weight is 345 g/mol. The molecule has 3 heterocycles. The van der Waals surface area contributed by atoms with Gasteiger partial charge < -0.3 is 4.90 Å². The Kier molecular flexibility index (Phi) is 3.73. The van der Waals surface area contributed by atoms with Crippen LogP contribution in [0.25, 0.3) is 11.5 Å². The largest absolute Gasteiger partial charge is 0.355 e. The molecule has 2 aromatic rings. The predicted octanol–water partition coefficient (Wildman–Crippen LogP) is 0.894. The van der Waals surface area contributed by atoms with Crippen LogP contribution in [0.5, 0.6) is 0 Å². The highest BCUT2D eigenvalue weighted by atomic mass is 32.2. The van der Waals surface area contributed by atoms with Gasteiger partial charge in [0.25, 0.3) is 0 Å². The molecule has 4 rings (SSSR count). The lowest BCUT2D eigenvalue weighted by molar-refractivity contribution is 0.585. The van der Waals surface area contributed by atoms with Crippen LogP contribution in [0.3, 0.4) is 0 Å². The van der Waals surface area contributed by atoms with Crippen LogP contribution in [0.15, 0.2) is 24.4 Å². The van der Waals surface area contributed by atoms with Gasteiger partial charge in [0.05, 0.1) is 5.25 Å². The second kappa shape index (κ2) is 5.78. The molecular formula is C16H19N5O2S. The number of nitrogens with two attached hydrogens (primary N) is 1. The lowest BCUT2D eigenvalue weighted by Crippen LogP contribution is -2.32. The van der Waals surface area contributed by atoms with Gasteiger partial charge in [-0.2, -0.15) is 0 Å². The van der Waals surface area contributed by atoms with E-state index in [1.54, 1.807) is 6.20 Å². The van der Waals surface area contributed by atoms with Gasteiger partial charge in [-0.25, -0.2) is 23.5 Å². The molecule has 0 amide bonds. The lowest BCUT2D eigenvalue weighted by atomic mass is 10.2. The molecule has 0 bridgehead atoms. The third kappa shape index (κ3) is 2.76. The molecule has 1 saturated heterocycles. The fourth-order valence-electron chi connectivity index (χ4n) is 3.47. The van der Waals surface area contributed by atoms with E-state index in [9.17, 15) is 8.42 Å². The first-order chi connectivity index (χ1) is 11.5. The third-order valence-corrected chi connectivity index (χ3v) is 6.03. The molecule has 2 aromatic heterocycles. The van der Waals surface area contributed by atoms with Crippen molar-refractivity contribution in [3.05, 3.63) is 35.7 Å². The molecule has 0 radical (unpaired) electrons. The number of anilines is 1. The number of sulfonamides is 1. The number of rotatable bonds is 3. The van der Waals surface area contributed by atoms with E-state index in [1.807, 2.05) is 23.1 Å². The smallest absolute Gasteiger partial charge is 0.213 e. The van der Waals surface area contributed by atoms with E-state index >= 15 is 0 Å². The van der Waals surface area contributed by atoms with Gasteiger partial charge in [-0.1, -0.05) is 6.07 Å². The molecule has 0 aromatic carbocycles. The molecule has 126 valence electrons. The molecular weight excluding hydrogens is 326 g/mol. The molecule has 1 fully saturated rings. The van der Waals surface area contributed by atoms with Crippen LogP contribution in [0.1, 0.15) is 24.1 Å². The van der Waals surface area contributed by atoms with Crippen LogP contribution in [-0.4, -0.2) is 41.7 Å². The SMILES string of the molecule is NS(=O)(=O)C1CCN(c2nc(-c3ccccn3)nc3c2CCC3)C1. The topological polar surface area (TPSA) is 102 Å². The van der Waals surface area contributed by atoms with E-state index in [2.05, 4.69) is 9.97 Å². The second-order valence-corrected chi connectivity index (χ2v) is 8.16. The number of hydrogen-bond acceptors (Lipinski definition) is 6. The molecule has 0 spiro atoms. The monoisotopic (exact) mass is 345 g/mol. The zero-order valence-electron chi connectivity index (χ0n) is 13.2. The van der Waals surface area contributed by atoms with Crippen molar-refractivity contribution in [2.75, 3.05) is 18.0 Å². The number of primary sulfonamides is 1. The van der Waals surface area contributed by atoms with Gasteiger partial charge >= 0.3 is 0 Å². The second-order valence-electron chi connectivity index (χ2n) is 6.31. The van der Waals surface area contributed by atoms with Crippen molar-refractivity contribution in [3.63, 3.8) is 0 Å². The van der Waals surface area contributed by atoms with E-state index in [0.29, 0.717) is 25.3 Å². The summed E-state index contributed by atoms with van der Waals surface area (Å²) in [5.74, 6) is 1.45.